The zero-order chi connectivity index (χ0) is 23.6. The summed E-state index contributed by atoms with van der Waals surface area (Å²) < 4.78 is 22.9. The summed E-state index contributed by atoms with van der Waals surface area (Å²) >= 11 is 6.25. The van der Waals surface area contributed by atoms with Crippen LogP contribution in [0.15, 0.2) is 30.5 Å². The molecule has 2 aromatic carbocycles. The molecule has 0 saturated heterocycles. The molecule has 8 heteroatoms. The summed E-state index contributed by atoms with van der Waals surface area (Å²) in [6.07, 6.45) is 6.52. The van der Waals surface area contributed by atoms with Crippen molar-refractivity contribution in [1.29, 1.82) is 5.26 Å². The van der Waals surface area contributed by atoms with E-state index in [9.17, 15) is 5.26 Å². The lowest BCUT2D eigenvalue weighted by atomic mass is 9.95. The molecular weight excluding hydrogens is 453 g/mol. The average molecular weight is 474 g/mol. The number of pyridine rings is 1. The van der Waals surface area contributed by atoms with E-state index in [1.54, 1.807) is 17.9 Å². The lowest BCUT2D eigenvalue weighted by Crippen LogP contribution is -2.05. The highest BCUT2D eigenvalue weighted by molar-refractivity contribution is 6.31. The first-order valence-corrected chi connectivity index (χ1v) is 11.7. The van der Waals surface area contributed by atoms with Crippen LogP contribution in [0.4, 0.5) is 10.2 Å². The number of anilines is 1. The van der Waals surface area contributed by atoms with Crippen molar-refractivity contribution in [3.05, 3.63) is 58.0 Å². The van der Waals surface area contributed by atoms with Crippen LogP contribution in [0, 0.1) is 17.1 Å². The van der Waals surface area contributed by atoms with Crippen molar-refractivity contribution in [1.82, 2.24) is 14.8 Å². The molecule has 0 amide bonds. The van der Waals surface area contributed by atoms with Gasteiger partial charge in [0.25, 0.3) is 0 Å². The van der Waals surface area contributed by atoms with E-state index < -0.39 is 5.82 Å². The minimum atomic E-state index is -0.674. The van der Waals surface area contributed by atoms with E-state index >= 15 is 4.39 Å². The number of fused-ring (bicyclic) bond motifs is 3. The third-order valence-electron chi connectivity index (χ3n) is 6.69. The van der Waals surface area contributed by atoms with E-state index in [0.29, 0.717) is 22.8 Å². The summed E-state index contributed by atoms with van der Waals surface area (Å²) in [7, 11) is 1.71. The number of nitrogens with zero attached hydrogens (tertiary/aromatic N) is 4. The maximum absolute atomic E-state index is 15.5. The Morgan fingerprint density at radius 3 is 2.79 bits per heavy atom. The second-order valence-electron chi connectivity index (χ2n) is 8.92. The maximum atomic E-state index is 15.5. The Bertz CT molecular complexity index is 1530. The van der Waals surface area contributed by atoms with Gasteiger partial charge < -0.3 is 10.5 Å². The van der Waals surface area contributed by atoms with Gasteiger partial charge in [0.1, 0.15) is 23.2 Å². The van der Waals surface area contributed by atoms with E-state index in [-0.39, 0.29) is 22.3 Å². The highest BCUT2D eigenvalue weighted by Crippen LogP contribution is 2.43. The Kier molecular flexibility index (Phi) is 4.75. The molecule has 6 nitrogen and oxygen atoms in total. The summed E-state index contributed by atoms with van der Waals surface area (Å²) in [4.78, 5) is 4.64. The quantitative estimate of drug-likeness (QED) is 0.418. The van der Waals surface area contributed by atoms with Crippen molar-refractivity contribution >= 4 is 28.3 Å². The van der Waals surface area contributed by atoms with Crippen LogP contribution in [0.5, 0.6) is 5.75 Å². The van der Waals surface area contributed by atoms with Gasteiger partial charge >= 0.3 is 0 Å². The molecule has 34 heavy (non-hydrogen) atoms. The zero-order valence-electron chi connectivity index (χ0n) is 18.5. The predicted octanol–water partition coefficient (Wildman–Crippen LogP) is 5.58. The molecule has 0 bridgehead atoms. The molecule has 2 aliphatic rings. The fourth-order valence-corrected chi connectivity index (χ4v) is 5.10. The minimum absolute atomic E-state index is 0.0336. The van der Waals surface area contributed by atoms with Gasteiger partial charge in [0.2, 0.25) is 0 Å². The largest absolute Gasteiger partial charge is 0.489 e. The van der Waals surface area contributed by atoms with Gasteiger partial charge in [-0.05, 0) is 54.9 Å². The normalized spacial score (nSPS) is 14.9. The molecule has 0 aliphatic heterocycles. The molecule has 4 aromatic rings. The molecule has 0 unspecified atom stereocenters. The van der Waals surface area contributed by atoms with E-state index in [1.165, 1.54) is 11.6 Å². The monoisotopic (exact) mass is 473 g/mol. The van der Waals surface area contributed by atoms with Gasteiger partial charge in [-0.25, -0.2) is 9.37 Å². The number of benzene rings is 2. The standard InChI is InChI=1S/C26H21ClFN5O/c1-33-25(23-18(11-29)22(34-14-6-7-14)10-20(27)24(23)28)19(12-31-33)13-5-8-16-15-3-2-4-17(15)26(30)32-21(16)9-13/h5,8-10,12,14H,2-4,6-7H2,1H3,(H2,30,32). The molecule has 2 N–H and O–H groups in total. The van der Waals surface area contributed by atoms with Gasteiger partial charge in [0, 0.05) is 24.1 Å². The van der Waals surface area contributed by atoms with E-state index in [4.69, 9.17) is 22.1 Å². The Morgan fingerprint density at radius 1 is 1.24 bits per heavy atom. The SMILES string of the molecule is Cn1ncc(-c2ccc3c4c(c(N)nc3c2)CCC4)c1-c1c(F)c(Cl)cc(OC2CC2)c1C#N. The fraction of sp³-hybridized carbons (Fsp3) is 0.269. The van der Waals surface area contributed by atoms with Crippen molar-refractivity contribution < 1.29 is 9.13 Å². The summed E-state index contributed by atoms with van der Waals surface area (Å²) in [5, 5.41) is 15.3. The lowest BCUT2D eigenvalue weighted by molar-refractivity contribution is 0.302. The number of halogens is 2. The van der Waals surface area contributed by atoms with Gasteiger partial charge in [-0.1, -0.05) is 23.7 Å². The molecule has 170 valence electrons. The smallest absolute Gasteiger partial charge is 0.152 e. The molecule has 1 fully saturated rings. The molecule has 2 aliphatic carbocycles. The summed E-state index contributed by atoms with van der Waals surface area (Å²) in [5.41, 5.74) is 11.5. The highest BCUT2D eigenvalue weighted by Gasteiger charge is 2.30. The van der Waals surface area contributed by atoms with Gasteiger partial charge in [-0.15, -0.1) is 0 Å². The van der Waals surface area contributed by atoms with Crippen LogP contribution in [-0.2, 0) is 19.9 Å². The molecule has 6 rings (SSSR count). The zero-order valence-corrected chi connectivity index (χ0v) is 19.3. The number of nitrogen functional groups attached to an aromatic ring is 1. The Hall–Kier alpha value is -3.63. The number of hydrogen-bond donors (Lipinski definition) is 1. The number of aromatic nitrogens is 3. The maximum Gasteiger partial charge on any atom is 0.152 e. The molecule has 2 aromatic heterocycles. The highest BCUT2D eigenvalue weighted by atomic mass is 35.5. The molecular formula is C26H21ClFN5O. The van der Waals surface area contributed by atoms with Gasteiger partial charge in [-0.3, -0.25) is 4.68 Å². The fourth-order valence-electron chi connectivity index (χ4n) is 4.91. The van der Waals surface area contributed by atoms with Crippen molar-refractivity contribution in [3.8, 4) is 34.2 Å². The lowest BCUT2D eigenvalue weighted by Gasteiger charge is -2.15. The van der Waals surface area contributed by atoms with Crippen LogP contribution in [-0.4, -0.2) is 20.9 Å². The third-order valence-corrected chi connectivity index (χ3v) is 6.97. The first kappa shape index (κ1) is 20.9. The van der Waals surface area contributed by atoms with Gasteiger partial charge in [0.05, 0.1) is 34.1 Å². The number of ether oxygens (including phenoxy) is 1. The Labute approximate surface area is 200 Å². The molecule has 0 atom stereocenters. The van der Waals surface area contributed by atoms with Gasteiger partial charge in [0.15, 0.2) is 5.82 Å². The van der Waals surface area contributed by atoms with E-state index in [2.05, 4.69) is 16.2 Å². The topological polar surface area (TPSA) is 89.8 Å². The van der Waals surface area contributed by atoms with E-state index in [1.807, 2.05) is 18.2 Å². The molecule has 0 spiro atoms. The third kappa shape index (κ3) is 3.21. The summed E-state index contributed by atoms with van der Waals surface area (Å²) in [5.74, 6) is 0.187. The van der Waals surface area contributed by atoms with Crippen molar-refractivity contribution in [2.24, 2.45) is 7.05 Å². The van der Waals surface area contributed by atoms with Crippen LogP contribution in [0.3, 0.4) is 0 Å². The summed E-state index contributed by atoms with van der Waals surface area (Å²) in [6.45, 7) is 0. The van der Waals surface area contributed by atoms with Crippen LogP contribution >= 0.6 is 11.6 Å². The van der Waals surface area contributed by atoms with Crippen molar-refractivity contribution in [2.45, 2.75) is 38.2 Å². The minimum Gasteiger partial charge on any atom is -0.489 e. The Morgan fingerprint density at radius 2 is 2.03 bits per heavy atom. The van der Waals surface area contributed by atoms with Crippen LogP contribution in [0.25, 0.3) is 33.3 Å². The van der Waals surface area contributed by atoms with Crippen molar-refractivity contribution in [2.75, 3.05) is 5.73 Å². The average Bonchev–Trinajstić information content (AvgIpc) is 3.34. The number of hydrogen-bond acceptors (Lipinski definition) is 5. The summed E-state index contributed by atoms with van der Waals surface area (Å²) in [6, 6.07) is 9.48. The number of aryl methyl sites for hydroxylation is 2. The van der Waals surface area contributed by atoms with E-state index in [0.717, 1.165) is 54.1 Å². The van der Waals surface area contributed by atoms with Crippen LogP contribution in [0.2, 0.25) is 5.02 Å². The van der Waals surface area contributed by atoms with Gasteiger partial charge in [-0.2, -0.15) is 10.4 Å². The molecule has 0 radical (unpaired) electrons. The van der Waals surface area contributed by atoms with Crippen molar-refractivity contribution in [3.63, 3.8) is 0 Å². The first-order chi connectivity index (χ1) is 16.5. The Balaban J connectivity index is 1.56. The first-order valence-electron chi connectivity index (χ1n) is 11.3. The number of nitriles is 1. The van der Waals surface area contributed by atoms with Crippen LogP contribution in [0.1, 0.15) is 36.0 Å². The van der Waals surface area contributed by atoms with Crippen LogP contribution < -0.4 is 10.5 Å². The second kappa shape index (κ2) is 7.71. The number of rotatable bonds is 4. The predicted molar refractivity (Wildman–Crippen MR) is 129 cm³/mol. The number of nitrogens with two attached hydrogens (primary N) is 1. The molecule has 1 saturated carbocycles. The second-order valence-corrected chi connectivity index (χ2v) is 9.33. The molecule has 2 heterocycles.